The van der Waals surface area contributed by atoms with Crippen LogP contribution in [0, 0.1) is 0 Å². The largest absolute Gasteiger partial charge is 0.503 e. The number of phenols is 1. The molecule has 4 N–H and O–H groups in total. The molecule has 2 aromatic heterocycles. The zero-order valence-corrected chi connectivity index (χ0v) is 17.9. The summed E-state index contributed by atoms with van der Waals surface area (Å²) in [4.78, 5) is 12.6. The van der Waals surface area contributed by atoms with Crippen LogP contribution in [-0.2, 0) is 0 Å². The first-order valence-electron chi connectivity index (χ1n) is 8.86. The van der Waals surface area contributed by atoms with Gasteiger partial charge in [-0.15, -0.1) is 5.10 Å². The molecule has 0 aliphatic heterocycles. The highest BCUT2D eigenvalue weighted by Gasteiger charge is 2.25. The second kappa shape index (κ2) is 8.90. The second-order valence-electron chi connectivity index (χ2n) is 6.34. The van der Waals surface area contributed by atoms with Crippen LogP contribution < -0.4 is 15.9 Å². The Kier molecular flexibility index (Phi) is 6.30. The highest BCUT2D eigenvalue weighted by Crippen LogP contribution is 2.35. The van der Waals surface area contributed by atoms with Crippen molar-refractivity contribution in [1.82, 2.24) is 30.7 Å². The molecule has 3 rings (SSSR count). The number of aromatic nitrogens is 5. The van der Waals surface area contributed by atoms with Crippen LogP contribution in [0.2, 0.25) is 0 Å². The molecule has 12 nitrogen and oxygen atoms in total. The van der Waals surface area contributed by atoms with Gasteiger partial charge in [-0.05, 0) is 56.8 Å². The van der Waals surface area contributed by atoms with Gasteiger partial charge in [0.15, 0.2) is 17.2 Å². The molecular formula is C17H19BrN8O4. The zero-order valence-electron chi connectivity index (χ0n) is 16.3. The number of amides is 1. The van der Waals surface area contributed by atoms with Crippen LogP contribution in [0.25, 0.3) is 5.82 Å². The van der Waals surface area contributed by atoms with E-state index in [1.165, 1.54) is 10.9 Å². The number of phenolic OH excluding ortho intramolecular Hbond substituents is 1. The average Bonchev–Trinajstić information content (AvgIpc) is 3.31. The Labute approximate surface area is 179 Å². The standard InChI is InChI=1S/C17H19BrN8O4/c1-4-29-11-6-9(5-10(18)14(11)27)7-20-22-17(28)12-13(8(2)3)26(25-21-12)16-15(19)23-30-24-16/h5-8,27H,4H2,1-3H3,(H2,19,23)(H,22,28)/b20-7+. The van der Waals surface area contributed by atoms with Gasteiger partial charge >= 0.3 is 0 Å². The third-order valence-electron chi connectivity index (χ3n) is 3.89. The summed E-state index contributed by atoms with van der Waals surface area (Å²) < 4.78 is 11.7. The van der Waals surface area contributed by atoms with Crippen molar-refractivity contribution in [2.45, 2.75) is 26.7 Å². The topological polar surface area (TPSA) is 167 Å². The van der Waals surface area contributed by atoms with Gasteiger partial charge in [0.2, 0.25) is 11.6 Å². The molecule has 0 bridgehead atoms. The highest BCUT2D eigenvalue weighted by molar-refractivity contribution is 9.10. The van der Waals surface area contributed by atoms with E-state index in [9.17, 15) is 9.90 Å². The van der Waals surface area contributed by atoms with E-state index < -0.39 is 5.91 Å². The third kappa shape index (κ3) is 4.25. The van der Waals surface area contributed by atoms with Crippen LogP contribution in [0.15, 0.2) is 26.3 Å². The second-order valence-corrected chi connectivity index (χ2v) is 7.20. The SMILES string of the molecule is CCOc1cc(/C=N/NC(=O)c2nnn(-c3nonc3N)c2C(C)C)cc(Br)c1O. The fourth-order valence-electron chi connectivity index (χ4n) is 2.62. The van der Waals surface area contributed by atoms with Gasteiger partial charge in [0, 0.05) is 0 Å². The number of ether oxygens (including phenoxy) is 1. The maximum absolute atomic E-state index is 12.6. The van der Waals surface area contributed by atoms with Crippen molar-refractivity contribution in [3.05, 3.63) is 33.6 Å². The number of hydrogen-bond acceptors (Lipinski definition) is 10. The third-order valence-corrected chi connectivity index (χ3v) is 4.50. The van der Waals surface area contributed by atoms with Crippen molar-refractivity contribution in [1.29, 1.82) is 0 Å². The fraction of sp³-hybridized carbons (Fsp3) is 0.294. The number of rotatable bonds is 7. The lowest BCUT2D eigenvalue weighted by molar-refractivity contribution is 0.0948. The summed E-state index contributed by atoms with van der Waals surface area (Å²) in [7, 11) is 0. The van der Waals surface area contributed by atoms with Gasteiger partial charge < -0.3 is 15.6 Å². The van der Waals surface area contributed by atoms with Gasteiger partial charge in [0.1, 0.15) is 0 Å². The van der Waals surface area contributed by atoms with E-state index in [-0.39, 0.29) is 29.0 Å². The van der Waals surface area contributed by atoms with E-state index in [0.29, 0.717) is 28.1 Å². The molecule has 0 atom stereocenters. The van der Waals surface area contributed by atoms with E-state index >= 15 is 0 Å². The molecule has 0 saturated carbocycles. The summed E-state index contributed by atoms with van der Waals surface area (Å²) in [5.41, 5.74) is 9.25. The number of benzene rings is 1. The Morgan fingerprint density at radius 2 is 2.23 bits per heavy atom. The van der Waals surface area contributed by atoms with Gasteiger partial charge in [0.25, 0.3) is 5.91 Å². The van der Waals surface area contributed by atoms with Crippen LogP contribution in [0.5, 0.6) is 11.5 Å². The molecule has 0 aliphatic carbocycles. The highest BCUT2D eigenvalue weighted by atomic mass is 79.9. The van der Waals surface area contributed by atoms with Crippen molar-refractivity contribution < 1.29 is 19.3 Å². The molecular weight excluding hydrogens is 460 g/mol. The molecule has 0 unspecified atom stereocenters. The predicted octanol–water partition coefficient (Wildman–Crippen LogP) is 1.99. The molecule has 2 heterocycles. The van der Waals surface area contributed by atoms with E-state index in [1.54, 1.807) is 19.1 Å². The summed E-state index contributed by atoms with van der Waals surface area (Å²) in [6.45, 7) is 5.91. The molecule has 0 aliphatic rings. The van der Waals surface area contributed by atoms with Gasteiger partial charge in [-0.3, -0.25) is 4.79 Å². The molecule has 3 aromatic rings. The average molecular weight is 479 g/mol. The number of hydrazone groups is 1. The number of nitrogens with one attached hydrogen (secondary N) is 1. The molecule has 30 heavy (non-hydrogen) atoms. The summed E-state index contributed by atoms with van der Waals surface area (Å²) in [5, 5.41) is 29.0. The molecule has 0 spiro atoms. The maximum Gasteiger partial charge on any atom is 0.293 e. The van der Waals surface area contributed by atoms with Gasteiger partial charge in [-0.25, -0.2) is 10.1 Å². The Balaban J connectivity index is 1.82. The first-order valence-corrected chi connectivity index (χ1v) is 9.65. The predicted molar refractivity (Wildman–Crippen MR) is 110 cm³/mol. The van der Waals surface area contributed by atoms with Gasteiger partial charge in [-0.1, -0.05) is 19.1 Å². The maximum atomic E-state index is 12.6. The first-order chi connectivity index (χ1) is 14.3. The summed E-state index contributed by atoms with van der Waals surface area (Å²) in [6, 6.07) is 3.22. The summed E-state index contributed by atoms with van der Waals surface area (Å²) in [6.07, 6.45) is 1.41. The minimum absolute atomic E-state index is 0.0159. The number of nitrogens with zero attached hydrogens (tertiary/aromatic N) is 6. The lowest BCUT2D eigenvalue weighted by Gasteiger charge is -2.09. The van der Waals surface area contributed by atoms with Crippen LogP contribution in [0.1, 0.15) is 48.4 Å². The van der Waals surface area contributed by atoms with Crippen LogP contribution in [0.3, 0.4) is 0 Å². The summed E-state index contributed by atoms with van der Waals surface area (Å²) >= 11 is 3.25. The van der Waals surface area contributed by atoms with Gasteiger partial charge in [0.05, 0.1) is 23.0 Å². The monoisotopic (exact) mass is 478 g/mol. The first kappa shape index (κ1) is 21.2. The van der Waals surface area contributed by atoms with E-state index in [2.05, 4.69) is 51.7 Å². The Morgan fingerprint density at radius 3 is 2.87 bits per heavy atom. The minimum Gasteiger partial charge on any atom is -0.503 e. The number of hydrogen-bond donors (Lipinski definition) is 3. The molecule has 1 amide bonds. The molecule has 158 valence electrons. The summed E-state index contributed by atoms with van der Waals surface area (Å²) in [5.74, 6) is -0.260. The number of anilines is 1. The van der Waals surface area contributed by atoms with Gasteiger partial charge in [-0.2, -0.15) is 9.78 Å². The number of nitrogens with two attached hydrogens (primary N) is 1. The van der Waals surface area contributed by atoms with Crippen LogP contribution in [-0.4, -0.2) is 49.1 Å². The van der Waals surface area contributed by atoms with E-state index in [0.717, 1.165) is 0 Å². The Hall–Kier alpha value is -3.48. The quantitative estimate of drug-likeness (QED) is 0.339. The number of carbonyl (C=O) groups is 1. The molecule has 13 heteroatoms. The Morgan fingerprint density at radius 1 is 1.47 bits per heavy atom. The van der Waals surface area contributed by atoms with Crippen LogP contribution in [0.4, 0.5) is 5.82 Å². The number of nitrogen functional groups attached to an aromatic ring is 1. The molecule has 1 aromatic carbocycles. The lowest BCUT2D eigenvalue weighted by Crippen LogP contribution is -2.21. The molecule has 0 radical (unpaired) electrons. The van der Waals surface area contributed by atoms with Crippen molar-refractivity contribution in [3.8, 4) is 17.3 Å². The van der Waals surface area contributed by atoms with Crippen molar-refractivity contribution in [3.63, 3.8) is 0 Å². The number of carbonyl (C=O) groups excluding carboxylic acids is 1. The Bertz CT molecular complexity index is 1090. The number of aromatic hydroxyl groups is 1. The zero-order chi connectivity index (χ0) is 21.8. The fourth-order valence-corrected chi connectivity index (χ4v) is 3.08. The molecule has 0 saturated heterocycles. The van der Waals surface area contributed by atoms with Crippen LogP contribution >= 0.6 is 15.9 Å². The lowest BCUT2D eigenvalue weighted by atomic mass is 10.1. The minimum atomic E-state index is -0.570. The van der Waals surface area contributed by atoms with E-state index in [1.807, 2.05) is 13.8 Å². The van der Waals surface area contributed by atoms with Crippen molar-refractivity contribution in [2.24, 2.45) is 5.10 Å². The van der Waals surface area contributed by atoms with Crippen molar-refractivity contribution in [2.75, 3.05) is 12.3 Å². The number of halogens is 1. The normalized spacial score (nSPS) is 11.4. The molecule has 0 fully saturated rings. The smallest absolute Gasteiger partial charge is 0.293 e. The van der Waals surface area contributed by atoms with Crippen molar-refractivity contribution >= 4 is 33.9 Å². The van der Waals surface area contributed by atoms with E-state index in [4.69, 9.17) is 10.5 Å².